The molecule has 1 atom stereocenters. The Kier molecular flexibility index (Phi) is 3.22. The van der Waals surface area contributed by atoms with Gasteiger partial charge in [0.05, 0.1) is 11.5 Å². The molecule has 0 bridgehead atoms. The van der Waals surface area contributed by atoms with Crippen molar-refractivity contribution < 1.29 is 0 Å². The third kappa shape index (κ3) is 2.40. The summed E-state index contributed by atoms with van der Waals surface area (Å²) in [5.74, 6) is 1.07. The molecule has 0 fully saturated rings. The zero-order chi connectivity index (χ0) is 11.6. The maximum Gasteiger partial charge on any atom is 0.0697 e. The van der Waals surface area contributed by atoms with Gasteiger partial charge in [0.15, 0.2) is 0 Å². The van der Waals surface area contributed by atoms with E-state index in [4.69, 9.17) is 5.26 Å². The molecule has 0 spiro atoms. The Morgan fingerprint density at radius 1 is 1.50 bits per heavy atom. The second kappa shape index (κ2) is 4.48. The van der Waals surface area contributed by atoms with Crippen molar-refractivity contribution in [1.82, 2.24) is 5.32 Å². The third-order valence-corrected chi connectivity index (χ3v) is 3.98. The zero-order valence-electron chi connectivity index (χ0n) is 9.66. The first kappa shape index (κ1) is 11.5. The van der Waals surface area contributed by atoms with Crippen LogP contribution in [-0.4, -0.2) is 12.3 Å². The first-order valence-corrected chi connectivity index (χ1v) is 6.47. The summed E-state index contributed by atoms with van der Waals surface area (Å²) >= 11 is 1.89. The van der Waals surface area contributed by atoms with E-state index in [1.807, 2.05) is 25.6 Å². The SMILES string of the molecule is CC(C)(C#N)CNC1CSc2ccccc21. The second-order valence-corrected chi connectivity index (χ2v) is 5.84. The van der Waals surface area contributed by atoms with Crippen LogP contribution in [0, 0.1) is 16.7 Å². The Labute approximate surface area is 101 Å². The van der Waals surface area contributed by atoms with Crippen LogP contribution < -0.4 is 5.32 Å². The van der Waals surface area contributed by atoms with E-state index in [0.717, 1.165) is 12.3 Å². The lowest BCUT2D eigenvalue weighted by Crippen LogP contribution is -2.31. The van der Waals surface area contributed by atoms with E-state index in [9.17, 15) is 0 Å². The van der Waals surface area contributed by atoms with E-state index in [0.29, 0.717) is 6.04 Å². The number of hydrogen-bond donors (Lipinski definition) is 1. The van der Waals surface area contributed by atoms with E-state index >= 15 is 0 Å². The molecule has 16 heavy (non-hydrogen) atoms. The van der Waals surface area contributed by atoms with Crippen molar-refractivity contribution >= 4 is 11.8 Å². The van der Waals surface area contributed by atoms with Crippen LogP contribution >= 0.6 is 11.8 Å². The fourth-order valence-electron chi connectivity index (χ4n) is 1.75. The minimum atomic E-state index is -0.289. The van der Waals surface area contributed by atoms with E-state index in [1.54, 1.807) is 0 Å². The van der Waals surface area contributed by atoms with Crippen molar-refractivity contribution in [3.63, 3.8) is 0 Å². The van der Waals surface area contributed by atoms with Crippen molar-refractivity contribution in [3.8, 4) is 6.07 Å². The van der Waals surface area contributed by atoms with Crippen LogP contribution in [0.2, 0.25) is 0 Å². The van der Waals surface area contributed by atoms with Crippen molar-refractivity contribution in [1.29, 1.82) is 5.26 Å². The summed E-state index contributed by atoms with van der Waals surface area (Å²) < 4.78 is 0. The van der Waals surface area contributed by atoms with Crippen LogP contribution in [-0.2, 0) is 0 Å². The van der Waals surface area contributed by atoms with Gasteiger partial charge in [0.1, 0.15) is 0 Å². The number of hydrogen-bond acceptors (Lipinski definition) is 3. The molecule has 0 saturated heterocycles. The molecule has 0 radical (unpaired) electrons. The largest absolute Gasteiger partial charge is 0.308 e. The minimum Gasteiger partial charge on any atom is -0.308 e. The minimum absolute atomic E-state index is 0.289. The molecule has 1 unspecified atom stereocenters. The molecule has 2 nitrogen and oxygen atoms in total. The summed E-state index contributed by atoms with van der Waals surface area (Å²) in [4.78, 5) is 1.37. The zero-order valence-corrected chi connectivity index (χ0v) is 10.5. The smallest absolute Gasteiger partial charge is 0.0697 e. The molecule has 1 heterocycles. The van der Waals surface area contributed by atoms with Crippen LogP contribution in [0.1, 0.15) is 25.5 Å². The Bertz CT molecular complexity index is 420. The highest BCUT2D eigenvalue weighted by atomic mass is 32.2. The summed E-state index contributed by atoms with van der Waals surface area (Å²) in [7, 11) is 0. The monoisotopic (exact) mass is 232 g/mol. The topological polar surface area (TPSA) is 35.8 Å². The summed E-state index contributed by atoms with van der Waals surface area (Å²) in [6.45, 7) is 4.67. The summed E-state index contributed by atoms with van der Waals surface area (Å²) in [6.07, 6.45) is 0. The van der Waals surface area contributed by atoms with Gasteiger partial charge >= 0.3 is 0 Å². The molecule has 2 rings (SSSR count). The number of thioether (sulfide) groups is 1. The van der Waals surface area contributed by atoms with Crippen molar-refractivity contribution in [3.05, 3.63) is 29.8 Å². The number of fused-ring (bicyclic) bond motifs is 1. The fourth-order valence-corrected chi connectivity index (χ4v) is 2.94. The molecular formula is C13H16N2S. The molecule has 0 saturated carbocycles. The highest BCUT2D eigenvalue weighted by molar-refractivity contribution is 7.99. The lowest BCUT2D eigenvalue weighted by atomic mass is 9.95. The van der Waals surface area contributed by atoms with Crippen LogP contribution in [0.4, 0.5) is 0 Å². The number of benzene rings is 1. The average Bonchev–Trinajstić information content (AvgIpc) is 2.70. The van der Waals surface area contributed by atoms with Gasteiger partial charge in [0.2, 0.25) is 0 Å². The van der Waals surface area contributed by atoms with E-state index in [2.05, 4.69) is 35.7 Å². The fraction of sp³-hybridized carbons (Fsp3) is 0.462. The third-order valence-electron chi connectivity index (χ3n) is 2.79. The Hall–Kier alpha value is -0.980. The van der Waals surface area contributed by atoms with Gasteiger partial charge in [-0.3, -0.25) is 0 Å². The standard InChI is InChI=1S/C13H16N2S/c1-13(2,8-14)9-15-11-7-16-12-6-4-3-5-10(11)12/h3-6,11,15H,7,9H2,1-2H3. The maximum atomic E-state index is 8.97. The predicted octanol–water partition coefficient (Wildman–Crippen LogP) is 2.97. The maximum absolute atomic E-state index is 8.97. The van der Waals surface area contributed by atoms with Gasteiger partial charge in [0.25, 0.3) is 0 Å². The van der Waals surface area contributed by atoms with E-state index < -0.39 is 0 Å². The lowest BCUT2D eigenvalue weighted by Gasteiger charge is -2.20. The van der Waals surface area contributed by atoms with Crippen molar-refractivity contribution in [2.45, 2.75) is 24.8 Å². The molecule has 0 aromatic heterocycles. The Morgan fingerprint density at radius 2 is 2.25 bits per heavy atom. The molecular weight excluding hydrogens is 216 g/mol. The summed E-state index contributed by atoms with van der Waals surface area (Å²) in [6, 6.07) is 11.2. The van der Waals surface area contributed by atoms with Gasteiger partial charge in [0, 0.05) is 23.2 Å². The molecule has 1 aliphatic rings. The van der Waals surface area contributed by atoms with Crippen molar-refractivity contribution in [2.75, 3.05) is 12.3 Å². The molecule has 0 amide bonds. The second-order valence-electron chi connectivity index (χ2n) is 4.78. The lowest BCUT2D eigenvalue weighted by molar-refractivity contribution is 0.418. The highest BCUT2D eigenvalue weighted by Gasteiger charge is 2.25. The van der Waals surface area contributed by atoms with Crippen LogP contribution in [0.3, 0.4) is 0 Å². The normalized spacial score (nSPS) is 19.2. The Morgan fingerprint density at radius 3 is 3.00 bits per heavy atom. The molecule has 84 valence electrons. The number of nitriles is 1. The van der Waals surface area contributed by atoms with Crippen LogP contribution in [0.25, 0.3) is 0 Å². The first-order valence-electron chi connectivity index (χ1n) is 5.49. The quantitative estimate of drug-likeness (QED) is 0.870. The highest BCUT2D eigenvalue weighted by Crippen LogP contribution is 2.37. The van der Waals surface area contributed by atoms with E-state index in [1.165, 1.54) is 10.5 Å². The van der Waals surface area contributed by atoms with Gasteiger partial charge in [-0.2, -0.15) is 5.26 Å². The van der Waals surface area contributed by atoms with Crippen LogP contribution in [0.5, 0.6) is 0 Å². The van der Waals surface area contributed by atoms with Crippen LogP contribution in [0.15, 0.2) is 29.2 Å². The van der Waals surface area contributed by atoms with Gasteiger partial charge < -0.3 is 5.32 Å². The molecule has 1 N–H and O–H groups in total. The van der Waals surface area contributed by atoms with Gasteiger partial charge in [-0.05, 0) is 25.5 Å². The summed E-state index contributed by atoms with van der Waals surface area (Å²) in [5.41, 5.74) is 1.09. The Balaban J connectivity index is 2.02. The van der Waals surface area contributed by atoms with Gasteiger partial charge in [-0.25, -0.2) is 0 Å². The molecule has 1 aromatic carbocycles. The first-order chi connectivity index (χ1) is 7.62. The average molecular weight is 232 g/mol. The number of nitrogens with zero attached hydrogens (tertiary/aromatic N) is 1. The number of rotatable bonds is 3. The van der Waals surface area contributed by atoms with Gasteiger partial charge in [-0.15, -0.1) is 11.8 Å². The summed E-state index contributed by atoms with van der Waals surface area (Å²) in [5, 5.41) is 12.5. The molecule has 3 heteroatoms. The number of nitrogens with one attached hydrogen (secondary N) is 1. The van der Waals surface area contributed by atoms with E-state index in [-0.39, 0.29) is 5.41 Å². The predicted molar refractivity (Wildman–Crippen MR) is 67.3 cm³/mol. The van der Waals surface area contributed by atoms with Gasteiger partial charge in [-0.1, -0.05) is 18.2 Å². The molecule has 0 aliphatic carbocycles. The molecule has 1 aliphatic heterocycles. The molecule has 1 aromatic rings. The van der Waals surface area contributed by atoms with Crippen molar-refractivity contribution in [2.24, 2.45) is 5.41 Å².